The maximum Gasteiger partial charge on any atom is 0.407 e. The summed E-state index contributed by atoms with van der Waals surface area (Å²) in [7, 11) is 2.78. The lowest BCUT2D eigenvalue weighted by Gasteiger charge is -2.24. The Kier molecular flexibility index (Phi) is 7.73. The fourth-order valence-corrected chi connectivity index (χ4v) is 4.08. The monoisotopic (exact) mass is 461 g/mol. The van der Waals surface area contributed by atoms with Crippen molar-refractivity contribution in [1.82, 2.24) is 15.2 Å². The Morgan fingerprint density at radius 1 is 1.24 bits per heavy atom. The molecule has 1 fully saturated rings. The van der Waals surface area contributed by atoms with Crippen LogP contribution in [0.15, 0.2) is 24.3 Å². The first-order valence-corrected chi connectivity index (χ1v) is 11.0. The molecule has 0 spiro atoms. The molecule has 8 nitrogen and oxygen atoms in total. The SMILES string of the molecule is COC(=O)C(CN1CC[C@H](CNC(=O)OC(C)(C)C)C1)c1c(F)ccc2ccc(OC)nc12. The lowest BCUT2D eigenvalue weighted by atomic mass is 9.95. The molecule has 1 aromatic heterocycles. The Bertz CT molecular complexity index is 1010. The van der Waals surface area contributed by atoms with Crippen LogP contribution >= 0.6 is 0 Å². The quantitative estimate of drug-likeness (QED) is 0.632. The zero-order valence-corrected chi connectivity index (χ0v) is 19.8. The van der Waals surface area contributed by atoms with Gasteiger partial charge in [0.15, 0.2) is 0 Å². The number of hydrogen-bond donors (Lipinski definition) is 1. The number of likely N-dealkylation sites (tertiary alicyclic amines) is 1. The average molecular weight is 462 g/mol. The van der Waals surface area contributed by atoms with Crippen molar-refractivity contribution in [1.29, 1.82) is 0 Å². The highest BCUT2D eigenvalue weighted by molar-refractivity contribution is 5.89. The third-order valence-electron chi connectivity index (χ3n) is 5.61. The number of nitrogens with zero attached hydrogens (tertiary/aromatic N) is 2. The number of aromatic nitrogens is 1. The van der Waals surface area contributed by atoms with Gasteiger partial charge in [0.25, 0.3) is 0 Å². The molecule has 2 heterocycles. The summed E-state index contributed by atoms with van der Waals surface area (Å²) >= 11 is 0. The molecular weight excluding hydrogens is 429 g/mol. The van der Waals surface area contributed by atoms with Gasteiger partial charge in [0, 0.05) is 36.7 Å². The second-order valence-electron chi connectivity index (χ2n) is 9.26. The van der Waals surface area contributed by atoms with E-state index >= 15 is 4.39 Å². The van der Waals surface area contributed by atoms with Crippen LogP contribution in [0.2, 0.25) is 0 Å². The van der Waals surface area contributed by atoms with Crippen LogP contribution < -0.4 is 10.1 Å². The molecule has 0 radical (unpaired) electrons. The fourth-order valence-electron chi connectivity index (χ4n) is 4.08. The van der Waals surface area contributed by atoms with Crippen LogP contribution in [-0.4, -0.2) is 67.9 Å². The van der Waals surface area contributed by atoms with Crippen molar-refractivity contribution in [3.8, 4) is 5.88 Å². The number of hydrogen-bond acceptors (Lipinski definition) is 7. The van der Waals surface area contributed by atoms with E-state index in [1.54, 1.807) is 18.2 Å². The van der Waals surface area contributed by atoms with E-state index in [2.05, 4.69) is 15.2 Å². The predicted molar refractivity (Wildman–Crippen MR) is 122 cm³/mol. The first kappa shape index (κ1) is 24.7. The number of carbonyl (C=O) groups excluding carboxylic acids is 2. The van der Waals surface area contributed by atoms with Crippen molar-refractivity contribution in [3.05, 3.63) is 35.6 Å². The van der Waals surface area contributed by atoms with Crippen LogP contribution in [0, 0.1) is 11.7 Å². The van der Waals surface area contributed by atoms with Crippen LogP contribution in [0.25, 0.3) is 10.9 Å². The lowest BCUT2D eigenvalue weighted by molar-refractivity contribution is -0.143. The summed E-state index contributed by atoms with van der Waals surface area (Å²) < 4.78 is 30.5. The van der Waals surface area contributed by atoms with E-state index < -0.39 is 29.4 Å². The van der Waals surface area contributed by atoms with Gasteiger partial charge in [0.2, 0.25) is 5.88 Å². The van der Waals surface area contributed by atoms with Gasteiger partial charge in [0.05, 0.1) is 25.7 Å². The number of amides is 1. The molecule has 9 heteroatoms. The van der Waals surface area contributed by atoms with Crippen LogP contribution in [0.1, 0.15) is 38.7 Å². The standard InChI is InChI=1S/C24H32FN3O5/c1-24(2,3)33-23(30)26-12-15-10-11-28(13-15)14-17(22(29)32-5)20-18(25)8-6-16-7-9-19(31-4)27-21(16)20/h6-9,15,17H,10-14H2,1-5H3,(H,26,30)/t15-,17?/m1/s1. The Morgan fingerprint density at radius 2 is 1.97 bits per heavy atom. The topological polar surface area (TPSA) is 90.0 Å². The van der Waals surface area contributed by atoms with Gasteiger partial charge in [-0.2, -0.15) is 0 Å². The number of benzene rings is 1. The van der Waals surface area contributed by atoms with Crippen molar-refractivity contribution in [3.63, 3.8) is 0 Å². The Morgan fingerprint density at radius 3 is 2.64 bits per heavy atom. The van der Waals surface area contributed by atoms with Crippen molar-refractivity contribution >= 4 is 23.0 Å². The lowest BCUT2D eigenvalue weighted by Crippen LogP contribution is -2.36. The molecule has 1 aliphatic rings. The molecule has 180 valence electrons. The number of esters is 1. The summed E-state index contributed by atoms with van der Waals surface area (Å²) in [6, 6.07) is 6.45. The van der Waals surface area contributed by atoms with E-state index in [0.29, 0.717) is 29.9 Å². The fraction of sp³-hybridized carbons (Fsp3) is 0.542. The van der Waals surface area contributed by atoms with Crippen molar-refractivity contribution in [2.45, 2.75) is 38.7 Å². The van der Waals surface area contributed by atoms with E-state index in [1.165, 1.54) is 20.3 Å². The van der Waals surface area contributed by atoms with Crippen LogP contribution in [0.4, 0.5) is 9.18 Å². The molecule has 1 N–H and O–H groups in total. The van der Waals surface area contributed by atoms with Gasteiger partial charge in [-0.1, -0.05) is 0 Å². The Balaban J connectivity index is 1.75. The number of alkyl carbamates (subject to hydrolysis) is 1. The molecule has 1 saturated heterocycles. The first-order chi connectivity index (χ1) is 15.6. The molecule has 33 heavy (non-hydrogen) atoms. The molecule has 1 amide bonds. The number of methoxy groups -OCH3 is 2. The van der Waals surface area contributed by atoms with Crippen molar-refractivity contribution in [2.75, 3.05) is 40.4 Å². The maximum absolute atomic E-state index is 15.0. The second-order valence-corrected chi connectivity index (χ2v) is 9.26. The van der Waals surface area contributed by atoms with Crippen LogP contribution in [-0.2, 0) is 14.3 Å². The summed E-state index contributed by atoms with van der Waals surface area (Å²) in [6.07, 6.45) is 0.388. The summed E-state index contributed by atoms with van der Waals surface area (Å²) in [5.41, 5.74) is 0.0272. The van der Waals surface area contributed by atoms with E-state index in [9.17, 15) is 9.59 Å². The molecule has 2 atom stereocenters. The number of fused-ring (bicyclic) bond motifs is 1. The van der Waals surface area contributed by atoms with Gasteiger partial charge in [-0.3, -0.25) is 4.79 Å². The first-order valence-electron chi connectivity index (χ1n) is 11.0. The van der Waals surface area contributed by atoms with E-state index in [1.807, 2.05) is 20.8 Å². The predicted octanol–water partition coefficient (Wildman–Crippen LogP) is 3.49. The van der Waals surface area contributed by atoms with Crippen LogP contribution in [0.5, 0.6) is 5.88 Å². The molecule has 0 aliphatic carbocycles. The molecule has 0 saturated carbocycles. The molecule has 1 unspecified atom stereocenters. The van der Waals surface area contributed by atoms with Gasteiger partial charge in [0.1, 0.15) is 11.4 Å². The van der Waals surface area contributed by atoms with Crippen molar-refractivity contribution < 1.29 is 28.2 Å². The molecule has 1 aliphatic heterocycles. The maximum atomic E-state index is 15.0. The van der Waals surface area contributed by atoms with Crippen LogP contribution in [0.3, 0.4) is 0 Å². The minimum absolute atomic E-state index is 0.200. The Hall–Kier alpha value is -2.94. The molecule has 0 bridgehead atoms. The van der Waals surface area contributed by atoms with Crippen molar-refractivity contribution in [2.24, 2.45) is 5.92 Å². The smallest absolute Gasteiger partial charge is 0.407 e. The number of halogens is 1. The summed E-state index contributed by atoms with van der Waals surface area (Å²) in [5.74, 6) is -1.35. The number of nitrogens with one attached hydrogen (secondary N) is 1. The van der Waals surface area contributed by atoms with Gasteiger partial charge in [-0.15, -0.1) is 0 Å². The summed E-state index contributed by atoms with van der Waals surface area (Å²) in [4.78, 5) is 31.2. The minimum atomic E-state index is -0.851. The second kappa shape index (κ2) is 10.3. The molecular formula is C24H32FN3O5. The number of ether oxygens (including phenoxy) is 3. The highest BCUT2D eigenvalue weighted by Gasteiger charge is 2.33. The van der Waals surface area contributed by atoms with E-state index in [-0.39, 0.29) is 18.0 Å². The Labute approximate surface area is 193 Å². The average Bonchev–Trinajstić information content (AvgIpc) is 3.22. The number of pyridine rings is 1. The van der Waals surface area contributed by atoms with E-state index in [4.69, 9.17) is 14.2 Å². The molecule has 3 rings (SSSR count). The largest absolute Gasteiger partial charge is 0.481 e. The zero-order chi connectivity index (χ0) is 24.2. The van der Waals surface area contributed by atoms with E-state index in [0.717, 1.165) is 13.0 Å². The third kappa shape index (κ3) is 6.31. The van der Waals surface area contributed by atoms with Gasteiger partial charge in [-0.25, -0.2) is 14.2 Å². The number of carbonyl (C=O) groups is 2. The van der Waals surface area contributed by atoms with Gasteiger partial charge < -0.3 is 24.4 Å². The zero-order valence-electron chi connectivity index (χ0n) is 19.8. The summed E-state index contributed by atoms with van der Waals surface area (Å²) in [5, 5.41) is 3.51. The summed E-state index contributed by atoms with van der Waals surface area (Å²) in [6.45, 7) is 7.57. The normalized spacial score (nSPS) is 17.6. The minimum Gasteiger partial charge on any atom is -0.481 e. The highest BCUT2D eigenvalue weighted by atomic mass is 19.1. The molecule has 1 aromatic carbocycles. The highest BCUT2D eigenvalue weighted by Crippen LogP contribution is 2.31. The van der Waals surface area contributed by atoms with Gasteiger partial charge >= 0.3 is 12.1 Å². The number of rotatable bonds is 7. The third-order valence-corrected chi connectivity index (χ3v) is 5.61. The van der Waals surface area contributed by atoms with Gasteiger partial charge in [-0.05, 0) is 57.9 Å². The molecule has 2 aromatic rings.